The van der Waals surface area contributed by atoms with Crippen LogP contribution in [0.5, 0.6) is 0 Å². The molecule has 0 aliphatic carbocycles. The molecule has 3 nitrogen and oxygen atoms in total. The van der Waals surface area contributed by atoms with Gasteiger partial charge in [0.15, 0.2) is 0 Å². The zero-order valence-electron chi connectivity index (χ0n) is 10.6. The molecule has 0 amide bonds. The number of carboxylic acid groups (broad SMARTS) is 1. The highest BCUT2D eigenvalue weighted by Crippen LogP contribution is 2.29. The molecule has 1 aromatic carbocycles. The summed E-state index contributed by atoms with van der Waals surface area (Å²) in [6, 6.07) is 7.74. The summed E-state index contributed by atoms with van der Waals surface area (Å²) in [7, 11) is 0. The topological polar surface area (TPSA) is 50.2 Å². The van der Waals surface area contributed by atoms with Crippen molar-refractivity contribution in [3.63, 3.8) is 0 Å². The molecule has 0 spiro atoms. The maximum atomic E-state index is 12.6. The van der Waals surface area contributed by atoms with E-state index in [9.17, 15) is 18.0 Å². The van der Waals surface area contributed by atoms with E-state index >= 15 is 0 Å². The van der Waals surface area contributed by atoms with Gasteiger partial charge < -0.3 is 5.11 Å². The first-order valence-electron chi connectivity index (χ1n) is 5.91. The Hall–Kier alpha value is -2.63. The van der Waals surface area contributed by atoms with Crippen molar-refractivity contribution in [1.29, 1.82) is 0 Å². The first-order valence-corrected chi connectivity index (χ1v) is 5.91. The Labute approximate surface area is 118 Å². The molecule has 0 bridgehead atoms. The van der Waals surface area contributed by atoms with Crippen molar-refractivity contribution >= 4 is 18.1 Å². The van der Waals surface area contributed by atoms with Gasteiger partial charge in [0.1, 0.15) is 0 Å². The lowest BCUT2D eigenvalue weighted by Gasteiger charge is -2.06. The molecule has 0 saturated heterocycles. The summed E-state index contributed by atoms with van der Waals surface area (Å²) >= 11 is 0. The molecule has 1 aromatic heterocycles. The summed E-state index contributed by atoms with van der Waals surface area (Å²) in [5.41, 5.74) is 0.163. The van der Waals surface area contributed by atoms with Crippen LogP contribution >= 0.6 is 0 Å². The number of rotatable bonds is 3. The van der Waals surface area contributed by atoms with E-state index in [1.807, 2.05) is 0 Å². The number of aromatic carboxylic acids is 1. The lowest BCUT2D eigenvalue weighted by Crippen LogP contribution is -2.04. The maximum absolute atomic E-state index is 12.6. The normalized spacial score (nSPS) is 11.8. The van der Waals surface area contributed by atoms with Gasteiger partial charge in [-0.3, -0.25) is 4.98 Å². The van der Waals surface area contributed by atoms with E-state index in [-0.39, 0.29) is 5.56 Å². The van der Waals surface area contributed by atoms with Crippen LogP contribution in [-0.4, -0.2) is 16.1 Å². The third kappa shape index (κ3) is 3.92. The van der Waals surface area contributed by atoms with Crippen LogP contribution in [-0.2, 0) is 6.18 Å². The van der Waals surface area contributed by atoms with E-state index in [1.165, 1.54) is 42.6 Å². The zero-order chi connectivity index (χ0) is 15.5. The van der Waals surface area contributed by atoms with Crippen LogP contribution < -0.4 is 0 Å². The minimum Gasteiger partial charge on any atom is -0.478 e. The minimum atomic E-state index is -4.38. The van der Waals surface area contributed by atoms with E-state index in [0.29, 0.717) is 11.3 Å². The van der Waals surface area contributed by atoms with Crippen LogP contribution in [0, 0.1) is 0 Å². The van der Waals surface area contributed by atoms with Crippen LogP contribution in [0.1, 0.15) is 27.2 Å². The molecule has 0 unspecified atom stereocenters. The molecule has 0 saturated carbocycles. The van der Waals surface area contributed by atoms with Gasteiger partial charge >= 0.3 is 12.1 Å². The van der Waals surface area contributed by atoms with Gasteiger partial charge in [0.2, 0.25) is 0 Å². The fourth-order valence-electron chi connectivity index (χ4n) is 1.63. The highest BCUT2D eigenvalue weighted by atomic mass is 19.4. The fraction of sp³-hybridized carbons (Fsp3) is 0.0667. The van der Waals surface area contributed by atoms with E-state index in [2.05, 4.69) is 4.98 Å². The van der Waals surface area contributed by atoms with Gasteiger partial charge in [-0.25, -0.2) is 4.79 Å². The summed E-state index contributed by atoms with van der Waals surface area (Å²) < 4.78 is 37.7. The second-order valence-corrected chi connectivity index (χ2v) is 4.23. The maximum Gasteiger partial charge on any atom is 0.416 e. The number of alkyl halides is 3. The summed E-state index contributed by atoms with van der Waals surface area (Å²) in [5, 5.41) is 8.73. The molecule has 6 heteroatoms. The minimum absolute atomic E-state index is 0.0474. The number of nitrogens with zero attached hydrogens (tertiary/aromatic N) is 1. The van der Waals surface area contributed by atoms with Crippen LogP contribution in [0.4, 0.5) is 13.2 Å². The largest absolute Gasteiger partial charge is 0.478 e. The second-order valence-electron chi connectivity index (χ2n) is 4.23. The highest BCUT2D eigenvalue weighted by molar-refractivity contribution is 5.87. The lowest BCUT2D eigenvalue weighted by atomic mass is 10.1. The summed E-state index contributed by atoms with van der Waals surface area (Å²) in [6.45, 7) is 0. The molecular weight excluding hydrogens is 283 g/mol. The molecule has 108 valence electrons. The number of aromatic nitrogens is 1. The number of benzene rings is 1. The molecule has 0 fully saturated rings. The van der Waals surface area contributed by atoms with Crippen molar-refractivity contribution in [3.05, 3.63) is 65.0 Å². The van der Waals surface area contributed by atoms with Crippen LogP contribution in [0.2, 0.25) is 0 Å². The van der Waals surface area contributed by atoms with E-state index in [4.69, 9.17) is 5.11 Å². The SMILES string of the molecule is O=C(O)c1ccc(C=Cc2cccc(C(F)(F)F)c2)nc1. The summed E-state index contributed by atoms with van der Waals surface area (Å²) in [6.07, 6.45) is -0.196. The number of hydrogen-bond donors (Lipinski definition) is 1. The number of hydrogen-bond acceptors (Lipinski definition) is 2. The Morgan fingerprint density at radius 2 is 1.90 bits per heavy atom. The number of carbonyl (C=O) groups is 1. The number of halogens is 3. The molecule has 0 aliphatic heterocycles. The molecule has 2 rings (SSSR count). The van der Waals surface area contributed by atoms with Gasteiger partial charge in [-0.1, -0.05) is 18.2 Å². The van der Waals surface area contributed by atoms with Crippen molar-refractivity contribution < 1.29 is 23.1 Å². The van der Waals surface area contributed by atoms with E-state index < -0.39 is 17.7 Å². The second kappa shape index (κ2) is 5.78. The molecule has 21 heavy (non-hydrogen) atoms. The Balaban J connectivity index is 2.19. The molecule has 0 radical (unpaired) electrons. The quantitative estimate of drug-likeness (QED) is 0.931. The first-order chi connectivity index (χ1) is 9.86. The van der Waals surface area contributed by atoms with Gasteiger partial charge in [-0.15, -0.1) is 0 Å². The Bertz CT molecular complexity index is 676. The van der Waals surface area contributed by atoms with Crippen molar-refractivity contribution in [3.8, 4) is 0 Å². The zero-order valence-corrected chi connectivity index (χ0v) is 10.6. The molecule has 1 heterocycles. The van der Waals surface area contributed by atoms with Crippen molar-refractivity contribution in [1.82, 2.24) is 4.98 Å². The van der Waals surface area contributed by atoms with E-state index in [0.717, 1.165) is 12.1 Å². The van der Waals surface area contributed by atoms with Crippen LogP contribution in [0.15, 0.2) is 42.6 Å². The standard InChI is InChI=1S/C15H10F3NO2/c16-15(17,18)12-3-1-2-10(8-12)4-6-13-7-5-11(9-19-13)14(20)21/h1-9H,(H,20,21). The molecule has 1 N–H and O–H groups in total. The van der Waals surface area contributed by atoms with Gasteiger partial charge in [-0.05, 0) is 35.9 Å². The highest BCUT2D eigenvalue weighted by Gasteiger charge is 2.30. The smallest absolute Gasteiger partial charge is 0.416 e. The van der Waals surface area contributed by atoms with Gasteiger partial charge in [0, 0.05) is 6.20 Å². The lowest BCUT2D eigenvalue weighted by molar-refractivity contribution is -0.137. The van der Waals surface area contributed by atoms with Crippen LogP contribution in [0.25, 0.3) is 12.2 Å². The summed E-state index contributed by atoms with van der Waals surface area (Å²) in [4.78, 5) is 14.6. The Morgan fingerprint density at radius 3 is 2.48 bits per heavy atom. The van der Waals surface area contributed by atoms with Gasteiger partial charge in [0.05, 0.1) is 16.8 Å². The summed E-state index contributed by atoms with van der Waals surface area (Å²) in [5.74, 6) is -1.09. The van der Waals surface area contributed by atoms with Crippen molar-refractivity contribution in [2.45, 2.75) is 6.18 Å². The van der Waals surface area contributed by atoms with Gasteiger partial charge in [-0.2, -0.15) is 13.2 Å². The number of carboxylic acids is 1. The molecular formula is C15H10F3NO2. The Morgan fingerprint density at radius 1 is 1.14 bits per heavy atom. The fourth-order valence-corrected chi connectivity index (χ4v) is 1.63. The molecule has 0 atom stereocenters. The predicted molar refractivity (Wildman–Crippen MR) is 71.6 cm³/mol. The Kier molecular flexibility index (Phi) is 4.07. The van der Waals surface area contributed by atoms with Crippen LogP contribution in [0.3, 0.4) is 0 Å². The predicted octanol–water partition coefficient (Wildman–Crippen LogP) is 3.97. The third-order valence-corrected chi connectivity index (χ3v) is 2.69. The average Bonchev–Trinajstić information content (AvgIpc) is 2.45. The van der Waals surface area contributed by atoms with Crippen molar-refractivity contribution in [2.75, 3.05) is 0 Å². The average molecular weight is 293 g/mol. The van der Waals surface area contributed by atoms with Crippen molar-refractivity contribution in [2.24, 2.45) is 0 Å². The molecule has 0 aliphatic rings. The first kappa shape index (κ1) is 14.8. The third-order valence-electron chi connectivity index (χ3n) is 2.69. The van der Waals surface area contributed by atoms with Gasteiger partial charge in [0.25, 0.3) is 0 Å². The molecule has 2 aromatic rings. The number of pyridine rings is 1. The van der Waals surface area contributed by atoms with E-state index in [1.54, 1.807) is 0 Å². The monoisotopic (exact) mass is 293 g/mol.